The lowest BCUT2D eigenvalue weighted by atomic mass is 10.0. The van der Waals surface area contributed by atoms with Crippen LogP contribution in [-0.2, 0) is 11.3 Å². The smallest absolute Gasteiger partial charge is 0.350 e. The van der Waals surface area contributed by atoms with Gasteiger partial charge in [-0.25, -0.2) is 9.78 Å². The first kappa shape index (κ1) is 23.6. The van der Waals surface area contributed by atoms with E-state index in [1.807, 2.05) is 58.2 Å². The van der Waals surface area contributed by atoms with Crippen LogP contribution in [0.25, 0.3) is 10.2 Å². The van der Waals surface area contributed by atoms with E-state index in [1.165, 1.54) is 18.4 Å². The second-order valence-electron chi connectivity index (χ2n) is 8.17. The number of hydrogen-bond donors (Lipinski definition) is 1. The summed E-state index contributed by atoms with van der Waals surface area (Å²) in [4.78, 5) is 33.4. The van der Waals surface area contributed by atoms with Gasteiger partial charge in [0.15, 0.2) is 0 Å². The van der Waals surface area contributed by atoms with Gasteiger partial charge in [-0.05, 0) is 57.1 Å². The highest BCUT2D eigenvalue weighted by molar-refractivity contribution is 7.21. The van der Waals surface area contributed by atoms with Crippen molar-refractivity contribution in [1.29, 1.82) is 0 Å². The largest absolute Gasteiger partial charge is 0.465 e. The molecule has 1 N–H and O–H groups in total. The van der Waals surface area contributed by atoms with E-state index in [0.29, 0.717) is 32.9 Å². The van der Waals surface area contributed by atoms with Crippen molar-refractivity contribution < 1.29 is 18.8 Å². The second-order valence-corrected chi connectivity index (χ2v) is 9.17. The fourth-order valence-corrected chi connectivity index (χ4v) is 4.77. The number of nitrogens with one attached hydrogen (secondary N) is 1. The molecular weight excluding hydrogens is 452 g/mol. The number of esters is 1. The molecule has 3 aromatic heterocycles. The van der Waals surface area contributed by atoms with Crippen LogP contribution in [0, 0.1) is 13.8 Å². The van der Waals surface area contributed by atoms with Gasteiger partial charge in [0, 0.05) is 23.6 Å². The van der Waals surface area contributed by atoms with Gasteiger partial charge in [-0.3, -0.25) is 9.69 Å². The van der Waals surface area contributed by atoms with Crippen molar-refractivity contribution in [2.24, 2.45) is 0 Å². The Labute approximate surface area is 201 Å². The number of methoxy groups -OCH3 is 1. The van der Waals surface area contributed by atoms with E-state index >= 15 is 0 Å². The molecule has 1 aromatic carbocycles. The molecular formula is C25H26N4O4S. The maximum atomic E-state index is 13.1. The Balaban J connectivity index is 1.65. The highest BCUT2D eigenvalue weighted by atomic mass is 32.1. The van der Waals surface area contributed by atoms with Crippen molar-refractivity contribution in [3.05, 3.63) is 75.6 Å². The summed E-state index contributed by atoms with van der Waals surface area (Å²) in [6.07, 6.45) is 1.55. The molecule has 4 rings (SSSR count). The molecule has 9 heteroatoms. The average molecular weight is 479 g/mol. The van der Waals surface area contributed by atoms with Crippen molar-refractivity contribution in [3.63, 3.8) is 0 Å². The number of amides is 1. The van der Waals surface area contributed by atoms with Gasteiger partial charge in [-0.2, -0.15) is 0 Å². The highest BCUT2D eigenvalue weighted by Crippen LogP contribution is 2.36. The summed E-state index contributed by atoms with van der Waals surface area (Å²) in [7, 11) is 3.30. The van der Waals surface area contributed by atoms with Crippen molar-refractivity contribution in [2.45, 2.75) is 33.4 Å². The number of aryl methyl sites for hydroxylation is 1. The van der Waals surface area contributed by atoms with Crippen LogP contribution in [0.15, 0.2) is 47.2 Å². The van der Waals surface area contributed by atoms with Crippen LogP contribution in [-0.4, -0.2) is 41.1 Å². The molecule has 0 saturated heterocycles. The lowest BCUT2D eigenvalue weighted by Crippen LogP contribution is -2.22. The number of pyridine rings is 1. The molecule has 0 aliphatic carbocycles. The van der Waals surface area contributed by atoms with Crippen molar-refractivity contribution in [2.75, 3.05) is 19.5 Å². The van der Waals surface area contributed by atoms with Gasteiger partial charge in [0.25, 0.3) is 5.91 Å². The van der Waals surface area contributed by atoms with Gasteiger partial charge in [0.2, 0.25) is 0 Å². The summed E-state index contributed by atoms with van der Waals surface area (Å²) in [6.45, 7) is 6.47. The van der Waals surface area contributed by atoms with E-state index in [0.717, 1.165) is 22.5 Å². The normalized spacial score (nSPS) is 12.2. The molecule has 0 bridgehead atoms. The van der Waals surface area contributed by atoms with Crippen LogP contribution in [0.5, 0.6) is 0 Å². The van der Waals surface area contributed by atoms with Crippen LogP contribution in [0.3, 0.4) is 0 Å². The molecule has 176 valence electrons. The molecule has 34 heavy (non-hydrogen) atoms. The number of benzene rings is 1. The molecule has 1 amide bonds. The standard InChI is InChI=1S/C25H26N4O4S/c1-14-7-6-8-18(15(14)2)23(30)27-21-19-10-9-17(26-24(19)34-22(21)25(31)32-5)13-29(4)16(3)20-11-12-33-28-20/h6-12,16H,13H2,1-5H3,(H,27,30)/t16-/m1/s1. The summed E-state index contributed by atoms with van der Waals surface area (Å²) in [5.41, 5.74) is 4.55. The molecule has 1 atom stereocenters. The molecule has 0 saturated carbocycles. The number of rotatable bonds is 7. The molecule has 0 unspecified atom stereocenters. The Hall–Kier alpha value is -3.56. The summed E-state index contributed by atoms with van der Waals surface area (Å²) < 4.78 is 9.92. The molecule has 0 fully saturated rings. The van der Waals surface area contributed by atoms with E-state index in [2.05, 4.69) is 15.4 Å². The quantitative estimate of drug-likeness (QED) is 0.368. The van der Waals surface area contributed by atoms with E-state index < -0.39 is 5.97 Å². The van der Waals surface area contributed by atoms with Crippen LogP contribution in [0.2, 0.25) is 0 Å². The van der Waals surface area contributed by atoms with E-state index in [4.69, 9.17) is 14.2 Å². The van der Waals surface area contributed by atoms with E-state index in [-0.39, 0.29) is 11.9 Å². The van der Waals surface area contributed by atoms with Gasteiger partial charge in [0.05, 0.1) is 24.5 Å². The van der Waals surface area contributed by atoms with Gasteiger partial charge in [0.1, 0.15) is 21.7 Å². The average Bonchev–Trinajstić information content (AvgIpc) is 3.48. The van der Waals surface area contributed by atoms with Crippen LogP contribution >= 0.6 is 11.3 Å². The molecule has 0 aliphatic rings. The second kappa shape index (κ2) is 9.74. The van der Waals surface area contributed by atoms with Gasteiger partial charge in [-0.1, -0.05) is 17.3 Å². The van der Waals surface area contributed by atoms with Gasteiger partial charge < -0.3 is 14.6 Å². The SMILES string of the molecule is COC(=O)c1sc2nc(CN(C)[C@H](C)c3ccon3)ccc2c1NC(=O)c1cccc(C)c1C. The maximum absolute atomic E-state index is 13.1. The van der Waals surface area contributed by atoms with Crippen LogP contribution in [0.1, 0.15) is 55.5 Å². The molecule has 0 radical (unpaired) electrons. The van der Waals surface area contributed by atoms with E-state index in [9.17, 15) is 9.59 Å². The Morgan fingerprint density at radius 3 is 2.71 bits per heavy atom. The number of carbonyl (C=O) groups excluding carboxylic acids is 2. The minimum Gasteiger partial charge on any atom is -0.465 e. The molecule has 0 spiro atoms. The fourth-order valence-electron chi connectivity index (χ4n) is 3.70. The number of nitrogens with zero attached hydrogens (tertiary/aromatic N) is 3. The Morgan fingerprint density at radius 2 is 2.00 bits per heavy atom. The zero-order chi connectivity index (χ0) is 24.4. The fraction of sp³-hybridized carbons (Fsp3) is 0.280. The Morgan fingerprint density at radius 1 is 1.21 bits per heavy atom. The molecule has 3 heterocycles. The number of carbonyl (C=O) groups is 2. The maximum Gasteiger partial charge on any atom is 0.350 e. The first-order chi connectivity index (χ1) is 16.3. The lowest BCUT2D eigenvalue weighted by molar-refractivity contribution is 0.0607. The summed E-state index contributed by atoms with van der Waals surface area (Å²) in [5.74, 6) is -0.797. The Kier molecular flexibility index (Phi) is 6.76. The number of thiophene rings is 1. The highest BCUT2D eigenvalue weighted by Gasteiger charge is 2.23. The summed E-state index contributed by atoms with van der Waals surface area (Å²) >= 11 is 1.20. The lowest BCUT2D eigenvalue weighted by Gasteiger charge is -2.22. The van der Waals surface area contributed by atoms with Crippen molar-refractivity contribution in [1.82, 2.24) is 15.0 Å². The van der Waals surface area contributed by atoms with Crippen LogP contribution in [0.4, 0.5) is 5.69 Å². The molecule has 0 aliphatic heterocycles. The monoisotopic (exact) mass is 478 g/mol. The van der Waals surface area contributed by atoms with Gasteiger partial charge >= 0.3 is 5.97 Å². The number of anilines is 1. The number of ether oxygens (including phenoxy) is 1. The van der Waals surface area contributed by atoms with Crippen molar-refractivity contribution >= 4 is 39.1 Å². The topological polar surface area (TPSA) is 97.6 Å². The minimum atomic E-state index is -0.516. The predicted molar refractivity (Wildman–Crippen MR) is 131 cm³/mol. The summed E-state index contributed by atoms with van der Waals surface area (Å²) in [5, 5.41) is 7.64. The predicted octanol–water partition coefficient (Wildman–Crippen LogP) is 5.13. The van der Waals surface area contributed by atoms with Crippen LogP contribution < -0.4 is 5.32 Å². The first-order valence-corrected chi connectivity index (χ1v) is 11.6. The van der Waals surface area contributed by atoms with Crippen molar-refractivity contribution in [3.8, 4) is 0 Å². The summed E-state index contributed by atoms with van der Waals surface area (Å²) in [6, 6.07) is 11.2. The van der Waals surface area contributed by atoms with E-state index in [1.54, 1.807) is 12.3 Å². The first-order valence-electron chi connectivity index (χ1n) is 10.8. The third-order valence-electron chi connectivity index (χ3n) is 6.03. The zero-order valence-corrected chi connectivity index (χ0v) is 20.5. The third-order valence-corrected chi connectivity index (χ3v) is 7.11. The minimum absolute atomic E-state index is 0.0395. The third kappa shape index (κ3) is 4.57. The number of aromatic nitrogens is 2. The number of hydrogen-bond acceptors (Lipinski definition) is 8. The van der Waals surface area contributed by atoms with Gasteiger partial charge in [-0.15, -0.1) is 11.3 Å². The molecule has 4 aromatic rings. The number of fused-ring (bicyclic) bond motifs is 1. The zero-order valence-electron chi connectivity index (χ0n) is 19.7. The molecule has 8 nitrogen and oxygen atoms in total. The Bertz CT molecular complexity index is 1350.